The van der Waals surface area contributed by atoms with E-state index in [2.05, 4.69) is 10.2 Å². The van der Waals surface area contributed by atoms with Crippen LogP contribution in [0.3, 0.4) is 0 Å². The Morgan fingerprint density at radius 1 is 1.18 bits per heavy atom. The highest BCUT2D eigenvalue weighted by Gasteiger charge is 2.33. The molecule has 0 aromatic rings. The van der Waals surface area contributed by atoms with Crippen LogP contribution in [-0.4, -0.2) is 50.3 Å². The van der Waals surface area contributed by atoms with Crippen LogP contribution in [0.15, 0.2) is 0 Å². The highest BCUT2D eigenvalue weighted by molar-refractivity contribution is 4.87. The zero-order chi connectivity index (χ0) is 11.9. The number of unbranched alkanes of at least 4 members (excludes halogenated alkanes) is 2. The Bertz CT molecular complexity index is 208. The molecule has 3 nitrogen and oxygen atoms in total. The number of hydrogen-bond acceptors (Lipinski definition) is 3. The molecular formula is C14H28N2O. The lowest BCUT2D eigenvalue weighted by Crippen LogP contribution is -2.52. The molecule has 0 aromatic heterocycles. The lowest BCUT2D eigenvalue weighted by atomic mass is 9.90. The first-order valence-electron chi connectivity index (χ1n) is 7.42. The predicted molar refractivity (Wildman–Crippen MR) is 71.3 cm³/mol. The van der Waals surface area contributed by atoms with Crippen LogP contribution in [-0.2, 0) is 4.74 Å². The maximum Gasteiger partial charge on any atom is 0.0730 e. The predicted octanol–water partition coefficient (Wildman–Crippen LogP) is 2.02. The fourth-order valence-corrected chi connectivity index (χ4v) is 3.25. The zero-order valence-electron chi connectivity index (χ0n) is 11.3. The van der Waals surface area contributed by atoms with E-state index in [0.717, 1.165) is 25.7 Å². The van der Waals surface area contributed by atoms with E-state index < -0.39 is 0 Å². The van der Waals surface area contributed by atoms with E-state index in [-0.39, 0.29) is 0 Å². The Balaban J connectivity index is 1.67. The van der Waals surface area contributed by atoms with Crippen LogP contribution >= 0.6 is 0 Å². The summed E-state index contributed by atoms with van der Waals surface area (Å²) in [5, 5.41) is 3.22. The molecule has 1 saturated carbocycles. The third kappa shape index (κ3) is 3.94. The monoisotopic (exact) mass is 240 g/mol. The lowest BCUT2D eigenvalue weighted by Gasteiger charge is -2.43. The van der Waals surface area contributed by atoms with Crippen LogP contribution in [0.2, 0.25) is 0 Å². The second-order valence-electron chi connectivity index (χ2n) is 5.46. The average Bonchev–Trinajstić information content (AvgIpc) is 2.39. The Morgan fingerprint density at radius 2 is 2.06 bits per heavy atom. The minimum Gasteiger partial charge on any atom is -0.375 e. The van der Waals surface area contributed by atoms with Gasteiger partial charge in [-0.05, 0) is 45.8 Å². The minimum atomic E-state index is 0.551. The Morgan fingerprint density at radius 3 is 2.94 bits per heavy atom. The van der Waals surface area contributed by atoms with Crippen molar-refractivity contribution in [2.45, 2.75) is 57.1 Å². The van der Waals surface area contributed by atoms with Crippen LogP contribution < -0.4 is 5.32 Å². The molecule has 0 spiro atoms. The van der Waals surface area contributed by atoms with Crippen molar-refractivity contribution in [2.24, 2.45) is 0 Å². The topological polar surface area (TPSA) is 24.5 Å². The van der Waals surface area contributed by atoms with Gasteiger partial charge in [0.15, 0.2) is 0 Å². The molecule has 3 heteroatoms. The molecular weight excluding hydrogens is 212 g/mol. The molecule has 2 atom stereocenters. The quantitative estimate of drug-likeness (QED) is 0.719. The fourth-order valence-electron chi connectivity index (χ4n) is 3.25. The van der Waals surface area contributed by atoms with Crippen molar-refractivity contribution in [1.29, 1.82) is 0 Å². The van der Waals surface area contributed by atoms with Gasteiger partial charge in [-0.15, -0.1) is 0 Å². The van der Waals surface area contributed by atoms with Crippen LogP contribution in [0, 0.1) is 0 Å². The first-order valence-corrected chi connectivity index (χ1v) is 7.42. The highest BCUT2D eigenvalue weighted by atomic mass is 16.5. The molecule has 0 amide bonds. The first-order chi connectivity index (χ1) is 8.42. The van der Waals surface area contributed by atoms with Gasteiger partial charge in [-0.1, -0.05) is 19.3 Å². The molecule has 0 bridgehead atoms. The number of ether oxygens (including phenoxy) is 1. The van der Waals surface area contributed by atoms with Crippen molar-refractivity contribution in [3.05, 3.63) is 0 Å². The van der Waals surface area contributed by atoms with E-state index >= 15 is 0 Å². The molecule has 17 heavy (non-hydrogen) atoms. The molecule has 100 valence electrons. The van der Waals surface area contributed by atoms with Crippen molar-refractivity contribution in [2.75, 3.05) is 33.3 Å². The number of nitrogens with one attached hydrogen (secondary N) is 1. The molecule has 2 unspecified atom stereocenters. The molecule has 1 N–H and O–H groups in total. The molecule has 1 aliphatic carbocycles. The summed E-state index contributed by atoms with van der Waals surface area (Å²) in [6.45, 7) is 4.56. The third-order valence-electron chi connectivity index (χ3n) is 4.22. The number of nitrogens with zero attached hydrogens (tertiary/aromatic N) is 1. The van der Waals surface area contributed by atoms with E-state index in [0.29, 0.717) is 6.10 Å². The summed E-state index contributed by atoms with van der Waals surface area (Å²) in [6.07, 6.45) is 10.0. The molecule has 1 saturated heterocycles. The Hall–Kier alpha value is -0.120. The molecule has 0 aromatic carbocycles. The smallest absolute Gasteiger partial charge is 0.0730 e. The summed E-state index contributed by atoms with van der Waals surface area (Å²) in [6, 6.07) is 0.738. The van der Waals surface area contributed by atoms with Crippen molar-refractivity contribution in [1.82, 2.24) is 10.2 Å². The minimum absolute atomic E-state index is 0.551. The standard InChI is InChI=1S/C14H28N2O/c1-15-9-5-2-6-10-16-11-12-17-14-8-4-3-7-13(14)16/h13-15H,2-12H2,1H3. The van der Waals surface area contributed by atoms with Gasteiger partial charge in [0, 0.05) is 12.6 Å². The van der Waals surface area contributed by atoms with Crippen molar-refractivity contribution >= 4 is 0 Å². The van der Waals surface area contributed by atoms with Gasteiger partial charge in [0.2, 0.25) is 0 Å². The lowest BCUT2D eigenvalue weighted by molar-refractivity contribution is -0.0882. The second kappa shape index (κ2) is 7.34. The van der Waals surface area contributed by atoms with Crippen LogP contribution in [0.5, 0.6) is 0 Å². The van der Waals surface area contributed by atoms with Crippen LogP contribution in [0.25, 0.3) is 0 Å². The second-order valence-corrected chi connectivity index (χ2v) is 5.46. The van der Waals surface area contributed by atoms with Gasteiger partial charge >= 0.3 is 0 Å². The van der Waals surface area contributed by atoms with E-state index in [1.54, 1.807) is 0 Å². The summed E-state index contributed by atoms with van der Waals surface area (Å²) in [5.74, 6) is 0. The third-order valence-corrected chi connectivity index (χ3v) is 4.22. The normalized spacial score (nSPS) is 30.2. The van der Waals surface area contributed by atoms with E-state index in [1.165, 1.54) is 51.5 Å². The van der Waals surface area contributed by atoms with Gasteiger partial charge in [0.1, 0.15) is 0 Å². The van der Waals surface area contributed by atoms with Gasteiger partial charge in [0.25, 0.3) is 0 Å². The summed E-state index contributed by atoms with van der Waals surface area (Å²) in [4.78, 5) is 2.70. The summed E-state index contributed by atoms with van der Waals surface area (Å²) in [7, 11) is 2.04. The van der Waals surface area contributed by atoms with E-state index in [9.17, 15) is 0 Å². The van der Waals surface area contributed by atoms with Gasteiger partial charge in [-0.3, -0.25) is 4.90 Å². The van der Waals surface area contributed by atoms with Crippen molar-refractivity contribution in [3.8, 4) is 0 Å². The number of rotatable bonds is 6. The average molecular weight is 240 g/mol. The summed E-state index contributed by atoms with van der Waals surface area (Å²) >= 11 is 0. The number of fused-ring (bicyclic) bond motifs is 1. The SMILES string of the molecule is CNCCCCCN1CCOC2CCCCC21. The van der Waals surface area contributed by atoms with Crippen LogP contribution in [0.1, 0.15) is 44.9 Å². The summed E-state index contributed by atoms with van der Waals surface area (Å²) < 4.78 is 5.91. The maximum absolute atomic E-state index is 5.91. The Kier molecular flexibility index (Phi) is 5.75. The van der Waals surface area contributed by atoms with Crippen molar-refractivity contribution < 1.29 is 4.74 Å². The molecule has 2 rings (SSSR count). The van der Waals surface area contributed by atoms with E-state index in [1.807, 2.05) is 7.05 Å². The van der Waals surface area contributed by atoms with Crippen molar-refractivity contribution in [3.63, 3.8) is 0 Å². The Labute approximate surface area is 106 Å². The van der Waals surface area contributed by atoms with Gasteiger partial charge in [0.05, 0.1) is 12.7 Å². The largest absolute Gasteiger partial charge is 0.375 e. The molecule has 1 aliphatic heterocycles. The summed E-state index contributed by atoms with van der Waals surface area (Å²) in [5.41, 5.74) is 0. The van der Waals surface area contributed by atoms with Crippen LogP contribution in [0.4, 0.5) is 0 Å². The molecule has 0 radical (unpaired) electrons. The molecule has 1 heterocycles. The van der Waals surface area contributed by atoms with Gasteiger partial charge in [-0.2, -0.15) is 0 Å². The maximum atomic E-state index is 5.91. The fraction of sp³-hybridized carbons (Fsp3) is 1.00. The molecule has 2 aliphatic rings. The van der Waals surface area contributed by atoms with Gasteiger partial charge < -0.3 is 10.1 Å². The highest BCUT2D eigenvalue weighted by Crippen LogP contribution is 2.28. The van der Waals surface area contributed by atoms with Gasteiger partial charge in [-0.25, -0.2) is 0 Å². The molecule has 2 fully saturated rings. The number of hydrogen-bond donors (Lipinski definition) is 1. The zero-order valence-corrected chi connectivity index (χ0v) is 11.3. The number of morpholine rings is 1. The first kappa shape index (κ1) is 13.3. The van der Waals surface area contributed by atoms with E-state index in [4.69, 9.17) is 4.74 Å².